The van der Waals surface area contributed by atoms with Crippen molar-refractivity contribution in [2.75, 3.05) is 0 Å². The van der Waals surface area contributed by atoms with Gasteiger partial charge in [0.05, 0.1) is 0 Å². The zero-order chi connectivity index (χ0) is 15.0. The van der Waals surface area contributed by atoms with Crippen molar-refractivity contribution in [3.8, 4) is 0 Å². The number of fused-ring (bicyclic) bond motifs is 1. The van der Waals surface area contributed by atoms with Crippen LogP contribution in [0.3, 0.4) is 0 Å². The summed E-state index contributed by atoms with van der Waals surface area (Å²) in [5, 5.41) is 4.19. The summed E-state index contributed by atoms with van der Waals surface area (Å²) in [6.07, 6.45) is 5.40. The Morgan fingerprint density at radius 2 is 2.14 bits per heavy atom. The normalized spacial score (nSPS) is 32.2. The van der Waals surface area contributed by atoms with E-state index in [4.69, 9.17) is 4.74 Å². The fourth-order valence-electron chi connectivity index (χ4n) is 3.78. The number of aromatic nitrogens is 2. The molecule has 1 saturated carbocycles. The van der Waals surface area contributed by atoms with Crippen molar-refractivity contribution in [1.29, 1.82) is 0 Å². The second kappa shape index (κ2) is 6.21. The van der Waals surface area contributed by atoms with Crippen LogP contribution in [0.4, 0.5) is 0 Å². The standard InChI is InChI=1S/C16H24N2O2Se/c1-9(2)11-5-4-10(3)8-13(11)20-16(19)12-6-7-14-15(12)17-18-21-14/h9-13H,4-8H2,1-3H3/t10-,11+,12?,13-/m1/s1. The molecule has 0 aromatic carbocycles. The Bertz CT molecular complexity index is 514. The van der Waals surface area contributed by atoms with Crippen LogP contribution in [0.2, 0.25) is 0 Å². The van der Waals surface area contributed by atoms with E-state index in [1.165, 1.54) is 17.3 Å². The van der Waals surface area contributed by atoms with Crippen molar-refractivity contribution < 1.29 is 9.53 Å². The molecular formula is C16H24N2O2Se. The third-order valence-electron chi connectivity index (χ3n) is 5.09. The Morgan fingerprint density at radius 1 is 1.33 bits per heavy atom. The number of nitrogens with zero attached hydrogens (tertiary/aromatic N) is 2. The first-order valence-corrected chi connectivity index (χ1v) is 9.70. The molecule has 3 rings (SSSR count). The quantitative estimate of drug-likeness (QED) is 0.618. The zero-order valence-electron chi connectivity index (χ0n) is 13.0. The average molecular weight is 355 g/mol. The summed E-state index contributed by atoms with van der Waals surface area (Å²) >= 11 is 0.143. The van der Waals surface area contributed by atoms with Crippen LogP contribution in [-0.4, -0.2) is 36.0 Å². The number of ether oxygens (including phenoxy) is 1. The van der Waals surface area contributed by atoms with Gasteiger partial charge in [0.15, 0.2) is 0 Å². The number of carbonyl (C=O) groups excluding carboxylic acids is 1. The van der Waals surface area contributed by atoms with Crippen LogP contribution in [0, 0.1) is 17.8 Å². The van der Waals surface area contributed by atoms with E-state index >= 15 is 0 Å². The zero-order valence-corrected chi connectivity index (χ0v) is 14.8. The number of rotatable bonds is 3. The molecule has 0 amide bonds. The Balaban J connectivity index is 1.68. The van der Waals surface area contributed by atoms with E-state index in [1.807, 2.05) is 0 Å². The van der Waals surface area contributed by atoms with Gasteiger partial charge in [-0.05, 0) is 0 Å². The van der Waals surface area contributed by atoms with Crippen molar-refractivity contribution in [2.45, 2.75) is 64.9 Å². The van der Waals surface area contributed by atoms with E-state index in [-0.39, 0.29) is 32.7 Å². The molecule has 0 N–H and O–H groups in total. The maximum absolute atomic E-state index is 12.6. The van der Waals surface area contributed by atoms with Crippen molar-refractivity contribution in [1.82, 2.24) is 9.19 Å². The monoisotopic (exact) mass is 356 g/mol. The molecule has 1 fully saturated rings. The maximum atomic E-state index is 12.6. The fourth-order valence-corrected chi connectivity index (χ4v) is 5.27. The molecule has 1 aromatic rings. The van der Waals surface area contributed by atoms with E-state index in [1.54, 1.807) is 0 Å². The Hall–Kier alpha value is -0.671. The summed E-state index contributed by atoms with van der Waals surface area (Å²) in [7, 11) is 0. The van der Waals surface area contributed by atoms with E-state index in [2.05, 4.69) is 30.0 Å². The molecule has 1 aromatic heterocycles. The third kappa shape index (κ3) is 3.09. The summed E-state index contributed by atoms with van der Waals surface area (Å²) in [5.74, 6) is 1.54. The fraction of sp³-hybridized carbons (Fsp3) is 0.812. The van der Waals surface area contributed by atoms with Gasteiger partial charge in [-0.3, -0.25) is 0 Å². The van der Waals surface area contributed by atoms with Crippen molar-refractivity contribution in [2.24, 2.45) is 17.8 Å². The molecule has 5 heteroatoms. The molecule has 0 bridgehead atoms. The van der Waals surface area contributed by atoms with Gasteiger partial charge < -0.3 is 0 Å². The van der Waals surface area contributed by atoms with Crippen LogP contribution in [0.25, 0.3) is 0 Å². The number of aryl methyl sites for hydroxylation is 1. The third-order valence-corrected chi connectivity index (χ3v) is 6.76. The number of hydrogen-bond donors (Lipinski definition) is 0. The van der Waals surface area contributed by atoms with Gasteiger partial charge in [-0.15, -0.1) is 0 Å². The average Bonchev–Trinajstić information content (AvgIpc) is 3.00. The second-order valence-corrected chi connectivity index (χ2v) is 8.73. The van der Waals surface area contributed by atoms with Crippen molar-refractivity contribution in [3.63, 3.8) is 0 Å². The second-order valence-electron chi connectivity index (χ2n) is 6.97. The summed E-state index contributed by atoms with van der Waals surface area (Å²) in [5.41, 5.74) is 0.935. The van der Waals surface area contributed by atoms with Crippen LogP contribution in [-0.2, 0) is 16.0 Å². The first-order chi connectivity index (χ1) is 10.1. The summed E-state index contributed by atoms with van der Waals surface area (Å²) in [6, 6.07) is 0. The van der Waals surface area contributed by atoms with Gasteiger partial charge >= 0.3 is 132 Å². The van der Waals surface area contributed by atoms with Gasteiger partial charge in [0.25, 0.3) is 0 Å². The molecular weight excluding hydrogens is 331 g/mol. The molecule has 4 atom stereocenters. The molecule has 1 heterocycles. The van der Waals surface area contributed by atoms with Crippen LogP contribution >= 0.6 is 0 Å². The van der Waals surface area contributed by atoms with Crippen LogP contribution < -0.4 is 0 Å². The van der Waals surface area contributed by atoms with Gasteiger partial charge in [-0.1, -0.05) is 0 Å². The topological polar surface area (TPSA) is 52.1 Å². The van der Waals surface area contributed by atoms with Gasteiger partial charge in [0, 0.05) is 0 Å². The molecule has 21 heavy (non-hydrogen) atoms. The summed E-state index contributed by atoms with van der Waals surface area (Å²) in [6.45, 7) is 6.75. The van der Waals surface area contributed by atoms with E-state index in [0.717, 1.165) is 25.0 Å². The van der Waals surface area contributed by atoms with Crippen molar-refractivity contribution >= 4 is 20.7 Å². The molecule has 1 unspecified atom stereocenters. The predicted octanol–water partition coefficient (Wildman–Crippen LogP) is 2.57. The van der Waals surface area contributed by atoms with Crippen LogP contribution in [0.5, 0.6) is 0 Å². The number of carbonyl (C=O) groups is 1. The molecule has 116 valence electrons. The van der Waals surface area contributed by atoms with E-state index in [0.29, 0.717) is 17.8 Å². The molecule has 0 aliphatic heterocycles. The minimum absolute atomic E-state index is 0.0543. The first-order valence-electron chi connectivity index (χ1n) is 8.08. The molecule has 2 aliphatic rings. The van der Waals surface area contributed by atoms with E-state index in [9.17, 15) is 4.79 Å². The Morgan fingerprint density at radius 3 is 2.90 bits per heavy atom. The van der Waals surface area contributed by atoms with Gasteiger partial charge in [0.2, 0.25) is 0 Å². The van der Waals surface area contributed by atoms with Gasteiger partial charge in [0.1, 0.15) is 0 Å². The van der Waals surface area contributed by atoms with Crippen LogP contribution in [0.15, 0.2) is 0 Å². The number of esters is 1. The van der Waals surface area contributed by atoms with Gasteiger partial charge in [-0.2, -0.15) is 0 Å². The Kier molecular flexibility index (Phi) is 4.51. The SMILES string of the molecule is CC(C)[C@@H]1CC[C@@H](C)C[C@H]1OC(=O)C1CCc2[se]nnc21. The van der Waals surface area contributed by atoms with E-state index < -0.39 is 0 Å². The molecule has 4 nitrogen and oxygen atoms in total. The molecule has 0 spiro atoms. The molecule has 0 radical (unpaired) electrons. The molecule has 0 saturated heterocycles. The Labute approximate surface area is 132 Å². The summed E-state index contributed by atoms with van der Waals surface area (Å²) < 4.78 is 11.4. The van der Waals surface area contributed by atoms with Crippen LogP contribution in [0.1, 0.15) is 62.5 Å². The summed E-state index contributed by atoms with van der Waals surface area (Å²) in [4.78, 5) is 12.6. The van der Waals surface area contributed by atoms with Crippen molar-refractivity contribution in [3.05, 3.63) is 10.1 Å². The number of hydrogen-bond acceptors (Lipinski definition) is 4. The van der Waals surface area contributed by atoms with Gasteiger partial charge in [-0.25, -0.2) is 0 Å². The predicted molar refractivity (Wildman–Crippen MR) is 81.3 cm³/mol. The minimum atomic E-state index is -0.141. The molecule has 2 aliphatic carbocycles. The first kappa shape index (κ1) is 15.2.